The van der Waals surface area contributed by atoms with Gasteiger partial charge in [-0.15, -0.1) is 0 Å². The van der Waals surface area contributed by atoms with Gasteiger partial charge < -0.3 is 15.5 Å². The maximum Gasteiger partial charge on any atom is 0.330 e. The smallest absolute Gasteiger partial charge is 0.330 e. The summed E-state index contributed by atoms with van der Waals surface area (Å²) in [5.41, 5.74) is 4.81. The lowest BCUT2D eigenvalue weighted by Crippen LogP contribution is -2.28. The minimum absolute atomic E-state index is 0.0917. The topological polar surface area (TPSA) is 83.6 Å². The van der Waals surface area contributed by atoms with Gasteiger partial charge in [0.05, 0.1) is 5.66 Å². The third-order valence-electron chi connectivity index (χ3n) is 3.54. The van der Waals surface area contributed by atoms with Crippen LogP contribution in [0.4, 0.5) is 0 Å². The Morgan fingerprint density at radius 1 is 1.36 bits per heavy atom. The minimum atomic E-state index is -4.00. The summed E-state index contributed by atoms with van der Waals surface area (Å²) in [5, 5.41) is 0. The van der Waals surface area contributed by atoms with Crippen molar-refractivity contribution >= 4 is 7.60 Å². The summed E-state index contributed by atoms with van der Waals surface area (Å²) < 4.78 is 11.2. The van der Waals surface area contributed by atoms with Crippen molar-refractivity contribution in [2.75, 3.05) is 6.54 Å². The van der Waals surface area contributed by atoms with Gasteiger partial charge in [-0.25, -0.2) is 0 Å². The number of rotatable bonds is 3. The van der Waals surface area contributed by atoms with Gasteiger partial charge in [0.25, 0.3) is 0 Å². The Hall–Kier alpha value is 0.110. The average molecular weight is 221 g/mol. The highest BCUT2D eigenvalue weighted by atomic mass is 31.2. The first kappa shape index (κ1) is 12.2. The monoisotopic (exact) mass is 221 g/mol. The Balaban J connectivity index is 2.69. The van der Waals surface area contributed by atoms with E-state index in [4.69, 9.17) is 15.5 Å². The molecule has 4 N–H and O–H groups in total. The Morgan fingerprint density at radius 2 is 1.79 bits per heavy atom. The number of nitrogens with two attached hydrogens (primary N) is 1. The zero-order valence-electron chi connectivity index (χ0n) is 8.76. The van der Waals surface area contributed by atoms with Crippen molar-refractivity contribution < 1.29 is 14.4 Å². The standard InChI is InChI=1S/C9H20NO3P/c1-6-3-8(4-7(6)2)9(5-10)14(11,12)13/h6-9H,3-5,10H2,1-2H3,(H2,11,12,13). The van der Waals surface area contributed by atoms with Gasteiger partial charge in [0.15, 0.2) is 0 Å². The summed E-state index contributed by atoms with van der Waals surface area (Å²) >= 11 is 0. The molecule has 14 heavy (non-hydrogen) atoms. The van der Waals surface area contributed by atoms with Crippen molar-refractivity contribution in [3.63, 3.8) is 0 Å². The molecule has 0 spiro atoms. The molecule has 0 bridgehead atoms. The van der Waals surface area contributed by atoms with Crippen LogP contribution in [0.3, 0.4) is 0 Å². The molecule has 0 radical (unpaired) electrons. The molecule has 1 aliphatic rings. The summed E-state index contributed by atoms with van der Waals surface area (Å²) in [4.78, 5) is 18.3. The number of hydrogen-bond acceptors (Lipinski definition) is 2. The Labute approximate surface area is 85.0 Å². The molecule has 5 heteroatoms. The average Bonchev–Trinajstić information content (AvgIpc) is 2.30. The molecule has 0 aromatic carbocycles. The van der Waals surface area contributed by atoms with Gasteiger partial charge >= 0.3 is 7.60 Å². The van der Waals surface area contributed by atoms with E-state index in [9.17, 15) is 4.57 Å². The second-order valence-electron chi connectivity index (χ2n) is 4.58. The van der Waals surface area contributed by atoms with E-state index in [1.54, 1.807) is 0 Å². The maximum atomic E-state index is 11.2. The highest BCUT2D eigenvalue weighted by Crippen LogP contribution is 2.51. The van der Waals surface area contributed by atoms with Crippen LogP contribution in [-0.4, -0.2) is 22.0 Å². The van der Waals surface area contributed by atoms with Gasteiger partial charge in [-0.3, -0.25) is 4.57 Å². The van der Waals surface area contributed by atoms with Crippen LogP contribution in [0, 0.1) is 17.8 Å². The van der Waals surface area contributed by atoms with Crippen molar-refractivity contribution in [2.45, 2.75) is 32.3 Å². The molecule has 1 saturated carbocycles. The molecule has 4 nitrogen and oxygen atoms in total. The molecule has 3 unspecified atom stereocenters. The Morgan fingerprint density at radius 3 is 2.07 bits per heavy atom. The lowest BCUT2D eigenvalue weighted by Gasteiger charge is -2.22. The van der Waals surface area contributed by atoms with Crippen molar-refractivity contribution in [3.05, 3.63) is 0 Å². The molecule has 0 saturated heterocycles. The van der Waals surface area contributed by atoms with Crippen molar-refractivity contribution in [1.29, 1.82) is 0 Å². The summed E-state index contributed by atoms with van der Waals surface area (Å²) in [6, 6.07) is 0. The predicted molar refractivity (Wildman–Crippen MR) is 55.9 cm³/mol. The molecule has 1 fully saturated rings. The molecule has 84 valence electrons. The van der Waals surface area contributed by atoms with E-state index < -0.39 is 13.3 Å². The summed E-state index contributed by atoms with van der Waals surface area (Å²) in [6.07, 6.45) is 1.79. The van der Waals surface area contributed by atoms with Gasteiger partial charge in [0, 0.05) is 6.54 Å². The third-order valence-corrected chi connectivity index (χ3v) is 5.03. The Bertz CT molecular complexity index is 230. The molecule has 0 amide bonds. The third kappa shape index (κ3) is 2.57. The highest BCUT2D eigenvalue weighted by Gasteiger charge is 2.40. The maximum absolute atomic E-state index is 11.2. The molecule has 0 aromatic rings. The summed E-state index contributed by atoms with van der Waals surface area (Å²) in [6.45, 7) is 4.37. The summed E-state index contributed by atoms with van der Waals surface area (Å²) in [7, 11) is -4.00. The largest absolute Gasteiger partial charge is 0.330 e. The van der Waals surface area contributed by atoms with E-state index in [2.05, 4.69) is 13.8 Å². The molecular formula is C9H20NO3P. The fourth-order valence-electron chi connectivity index (χ4n) is 2.43. The van der Waals surface area contributed by atoms with E-state index >= 15 is 0 Å². The first-order valence-corrected chi connectivity index (χ1v) is 6.79. The van der Waals surface area contributed by atoms with E-state index in [-0.39, 0.29) is 12.5 Å². The zero-order chi connectivity index (χ0) is 10.9. The molecule has 0 aromatic heterocycles. The van der Waals surface area contributed by atoms with Crippen LogP contribution >= 0.6 is 7.60 Å². The molecule has 3 atom stereocenters. The van der Waals surface area contributed by atoms with Crippen LogP contribution in [0.2, 0.25) is 0 Å². The highest BCUT2D eigenvalue weighted by molar-refractivity contribution is 7.52. The van der Waals surface area contributed by atoms with Crippen LogP contribution in [0.5, 0.6) is 0 Å². The van der Waals surface area contributed by atoms with E-state index in [1.165, 1.54) is 0 Å². The van der Waals surface area contributed by atoms with Gasteiger partial charge in [-0.2, -0.15) is 0 Å². The molecular weight excluding hydrogens is 201 g/mol. The lowest BCUT2D eigenvalue weighted by molar-refractivity contribution is 0.331. The van der Waals surface area contributed by atoms with Gasteiger partial charge in [0.2, 0.25) is 0 Å². The summed E-state index contributed by atoms with van der Waals surface area (Å²) in [5.74, 6) is 1.21. The molecule has 1 rings (SSSR count). The number of hydrogen-bond donors (Lipinski definition) is 3. The van der Waals surface area contributed by atoms with Crippen LogP contribution in [0.15, 0.2) is 0 Å². The van der Waals surface area contributed by atoms with E-state index in [0.29, 0.717) is 11.8 Å². The van der Waals surface area contributed by atoms with E-state index in [1.807, 2.05) is 0 Å². The zero-order valence-corrected chi connectivity index (χ0v) is 9.65. The Kier molecular flexibility index (Phi) is 3.75. The van der Waals surface area contributed by atoms with Crippen molar-refractivity contribution in [2.24, 2.45) is 23.5 Å². The normalized spacial score (nSPS) is 35.9. The first-order chi connectivity index (χ1) is 6.36. The van der Waals surface area contributed by atoms with Crippen LogP contribution in [0.1, 0.15) is 26.7 Å². The lowest BCUT2D eigenvalue weighted by atomic mass is 10.0. The van der Waals surface area contributed by atoms with Crippen molar-refractivity contribution in [1.82, 2.24) is 0 Å². The van der Waals surface area contributed by atoms with Crippen LogP contribution in [-0.2, 0) is 4.57 Å². The minimum Gasteiger partial charge on any atom is -0.330 e. The predicted octanol–water partition coefficient (Wildman–Crippen LogP) is 1.17. The second-order valence-corrected chi connectivity index (χ2v) is 6.42. The van der Waals surface area contributed by atoms with Crippen LogP contribution in [0.25, 0.3) is 0 Å². The molecule has 0 aliphatic heterocycles. The molecule has 1 aliphatic carbocycles. The SMILES string of the molecule is CC1CC(C(CN)P(=O)(O)O)CC1C. The molecule has 0 heterocycles. The van der Waals surface area contributed by atoms with Gasteiger partial charge in [-0.1, -0.05) is 13.8 Å². The fraction of sp³-hybridized carbons (Fsp3) is 1.00. The quantitative estimate of drug-likeness (QED) is 0.625. The first-order valence-electron chi connectivity index (χ1n) is 5.11. The fourth-order valence-corrected chi connectivity index (χ4v) is 3.50. The van der Waals surface area contributed by atoms with Gasteiger partial charge in [-0.05, 0) is 30.6 Å². The van der Waals surface area contributed by atoms with E-state index in [0.717, 1.165) is 12.8 Å². The van der Waals surface area contributed by atoms with Crippen LogP contribution < -0.4 is 5.73 Å². The second kappa shape index (κ2) is 4.31. The van der Waals surface area contributed by atoms with Gasteiger partial charge in [0.1, 0.15) is 0 Å². The van der Waals surface area contributed by atoms with Crippen molar-refractivity contribution in [3.8, 4) is 0 Å².